The number of hydrogen-bond acceptors (Lipinski definition) is 7. The van der Waals surface area contributed by atoms with E-state index in [4.69, 9.17) is 29.2 Å². The van der Waals surface area contributed by atoms with Gasteiger partial charge in [0.15, 0.2) is 6.61 Å². The summed E-state index contributed by atoms with van der Waals surface area (Å²) in [6, 6.07) is 23.6. The number of benzene rings is 3. The Morgan fingerprint density at radius 2 is 1.62 bits per heavy atom. The Bertz CT molecular complexity index is 1410. The predicted octanol–water partition coefficient (Wildman–Crippen LogP) is 4.74. The summed E-state index contributed by atoms with van der Waals surface area (Å²) in [5, 5.41) is 13.7. The van der Waals surface area contributed by atoms with Crippen LogP contribution >= 0.6 is 0 Å². The maximum absolute atomic E-state index is 10.8. The molecule has 0 bridgehead atoms. The minimum absolute atomic E-state index is 0.261. The highest BCUT2D eigenvalue weighted by Gasteiger charge is 2.15. The highest BCUT2D eigenvalue weighted by Crippen LogP contribution is 2.29. The molecule has 2 heterocycles. The van der Waals surface area contributed by atoms with Gasteiger partial charge >= 0.3 is 5.97 Å². The number of aliphatic carboxylic acids is 1. The molecule has 1 fully saturated rings. The van der Waals surface area contributed by atoms with E-state index in [1.807, 2.05) is 48.0 Å². The van der Waals surface area contributed by atoms with Crippen molar-refractivity contribution in [2.75, 3.05) is 44.9 Å². The molecule has 5 rings (SSSR count). The molecule has 9 heteroatoms. The van der Waals surface area contributed by atoms with Gasteiger partial charge in [0.25, 0.3) is 0 Å². The van der Waals surface area contributed by atoms with E-state index in [9.17, 15) is 4.79 Å². The molecule has 1 aromatic heterocycles. The molecule has 0 radical (unpaired) electrons. The first kappa shape index (κ1) is 26.1. The molecule has 39 heavy (non-hydrogen) atoms. The third-order valence-corrected chi connectivity index (χ3v) is 6.50. The van der Waals surface area contributed by atoms with Gasteiger partial charge in [-0.1, -0.05) is 12.1 Å². The van der Waals surface area contributed by atoms with Crippen molar-refractivity contribution in [3.8, 4) is 34.2 Å². The van der Waals surface area contributed by atoms with E-state index in [2.05, 4.69) is 29.2 Å². The lowest BCUT2D eigenvalue weighted by Gasteiger charge is -2.28. The highest BCUT2D eigenvalue weighted by molar-refractivity contribution is 5.68. The maximum atomic E-state index is 10.8. The number of nitrogens with zero attached hydrogens (tertiary/aromatic N) is 3. The number of hydrogen-bond donors (Lipinski definition) is 1. The summed E-state index contributed by atoms with van der Waals surface area (Å²) in [4.78, 5) is 13.1. The molecule has 1 aliphatic rings. The van der Waals surface area contributed by atoms with Crippen molar-refractivity contribution in [2.24, 2.45) is 0 Å². The van der Waals surface area contributed by atoms with Crippen LogP contribution in [0.5, 0.6) is 17.2 Å². The Labute approximate surface area is 227 Å². The van der Waals surface area contributed by atoms with Gasteiger partial charge in [-0.25, -0.2) is 9.48 Å². The molecular weight excluding hydrogens is 498 g/mol. The number of aryl methyl sites for hydroxylation is 1. The molecule has 1 aliphatic heterocycles. The number of ether oxygens (including phenoxy) is 4. The number of rotatable bonds is 10. The average Bonchev–Trinajstić information content (AvgIpc) is 3.40. The van der Waals surface area contributed by atoms with Crippen LogP contribution in [0.25, 0.3) is 16.9 Å². The Hall–Kier alpha value is -4.50. The van der Waals surface area contributed by atoms with E-state index < -0.39 is 5.97 Å². The lowest BCUT2D eigenvalue weighted by Crippen LogP contribution is -2.36. The van der Waals surface area contributed by atoms with Gasteiger partial charge in [0.2, 0.25) is 0 Å². The Morgan fingerprint density at radius 3 is 2.28 bits per heavy atom. The summed E-state index contributed by atoms with van der Waals surface area (Å²) >= 11 is 0. The molecule has 0 spiro atoms. The van der Waals surface area contributed by atoms with Crippen LogP contribution < -0.4 is 19.1 Å². The molecule has 0 saturated carbocycles. The second-order valence-electron chi connectivity index (χ2n) is 9.18. The first-order valence-electron chi connectivity index (χ1n) is 12.7. The summed E-state index contributed by atoms with van der Waals surface area (Å²) in [7, 11) is 1.65. The van der Waals surface area contributed by atoms with Crippen molar-refractivity contribution in [1.82, 2.24) is 9.78 Å². The smallest absolute Gasteiger partial charge is 0.341 e. The van der Waals surface area contributed by atoms with Crippen LogP contribution in [0, 0.1) is 6.92 Å². The lowest BCUT2D eigenvalue weighted by molar-refractivity contribution is -0.139. The summed E-state index contributed by atoms with van der Waals surface area (Å²) in [5.41, 5.74) is 5.62. The quantitative estimate of drug-likeness (QED) is 0.315. The molecule has 4 aromatic rings. The number of aromatic nitrogens is 2. The van der Waals surface area contributed by atoms with Gasteiger partial charge in [-0.3, -0.25) is 0 Å². The van der Waals surface area contributed by atoms with Crippen LogP contribution in [-0.2, 0) is 16.1 Å². The summed E-state index contributed by atoms with van der Waals surface area (Å²) in [6.07, 6.45) is 0. The molecule has 0 unspecified atom stereocenters. The number of carbonyl (C=O) groups is 1. The van der Waals surface area contributed by atoms with Gasteiger partial charge < -0.3 is 29.0 Å². The SMILES string of the molecule is COc1ccc(-n2nc(COc3ccc(OCC(=O)O)c(C)c3)cc2-c2ccc(N3CCOCC3)cc2)cc1. The van der Waals surface area contributed by atoms with Crippen LogP contribution in [0.1, 0.15) is 11.3 Å². The zero-order valence-corrected chi connectivity index (χ0v) is 22.0. The molecule has 9 nitrogen and oxygen atoms in total. The maximum Gasteiger partial charge on any atom is 0.341 e. The molecule has 3 aromatic carbocycles. The van der Waals surface area contributed by atoms with Crippen LogP contribution in [0.4, 0.5) is 5.69 Å². The second-order valence-corrected chi connectivity index (χ2v) is 9.18. The largest absolute Gasteiger partial charge is 0.497 e. The first-order valence-corrected chi connectivity index (χ1v) is 12.7. The normalized spacial score (nSPS) is 13.2. The first-order chi connectivity index (χ1) is 19.0. The third kappa shape index (κ3) is 6.32. The fourth-order valence-corrected chi connectivity index (χ4v) is 4.46. The van der Waals surface area contributed by atoms with E-state index in [0.29, 0.717) is 11.5 Å². The number of carboxylic acids is 1. The average molecular weight is 530 g/mol. The van der Waals surface area contributed by atoms with E-state index in [1.165, 1.54) is 5.69 Å². The Balaban J connectivity index is 1.38. The minimum Gasteiger partial charge on any atom is -0.497 e. The zero-order valence-electron chi connectivity index (χ0n) is 22.0. The summed E-state index contributed by atoms with van der Waals surface area (Å²) < 4.78 is 24.1. The van der Waals surface area contributed by atoms with Crippen molar-refractivity contribution in [3.05, 3.63) is 84.1 Å². The van der Waals surface area contributed by atoms with Crippen LogP contribution in [-0.4, -0.2) is 60.9 Å². The van der Waals surface area contributed by atoms with Crippen molar-refractivity contribution >= 4 is 11.7 Å². The Morgan fingerprint density at radius 1 is 0.923 bits per heavy atom. The molecule has 0 aliphatic carbocycles. The van der Waals surface area contributed by atoms with Gasteiger partial charge in [0, 0.05) is 24.3 Å². The van der Waals surface area contributed by atoms with E-state index in [0.717, 1.165) is 60.3 Å². The standard InChI is InChI=1S/C30H31N3O6/c1-21-17-27(11-12-29(21)39-20-30(34)35)38-19-23-18-28(33(31-23)25-7-9-26(36-2)10-8-25)22-3-5-24(6-4-22)32-13-15-37-16-14-32/h3-12,17-18H,13-16,19-20H2,1-2H3,(H,34,35). The number of morpholine rings is 1. The fourth-order valence-electron chi connectivity index (χ4n) is 4.46. The summed E-state index contributed by atoms with van der Waals surface area (Å²) in [6.45, 7) is 4.98. The van der Waals surface area contributed by atoms with Crippen molar-refractivity contribution in [3.63, 3.8) is 0 Å². The van der Waals surface area contributed by atoms with Crippen LogP contribution in [0.15, 0.2) is 72.8 Å². The van der Waals surface area contributed by atoms with Gasteiger partial charge in [-0.15, -0.1) is 0 Å². The zero-order chi connectivity index (χ0) is 27.2. The number of carboxylic acid groups (broad SMARTS) is 1. The molecular formula is C30H31N3O6. The van der Waals surface area contributed by atoms with Gasteiger partial charge in [0.1, 0.15) is 29.5 Å². The van der Waals surface area contributed by atoms with Gasteiger partial charge in [-0.2, -0.15) is 5.10 Å². The summed E-state index contributed by atoms with van der Waals surface area (Å²) in [5.74, 6) is 0.910. The molecule has 1 saturated heterocycles. The topological polar surface area (TPSA) is 95.3 Å². The van der Waals surface area contributed by atoms with Crippen molar-refractivity contribution < 1.29 is 28.8 Å². The number of anilines is 1. The van der Waals surface area contributed by atoms with Crippen molar-refractivity contribution in [2.45, 2.75) is 13.5 Å². The van der Waals surface area contributed by atoms with Gasteiger partial charge in [0.05, 0.1) is 31.7 Å². The van der Waals surface area contributed by atoms with E-state index in [-0.39, 0.29) is 13.2 Å². The highest BCUT2D eigenvalue weighted by atomic mass is 16.5. The molecule has 1 N–H and O–H groups in total. The van der Waals surface area contributed by atoms with E-state index in [1.54, 1.807) is 19.2 Å². The molecule has 202 valence electrons. The van der Waals surface area contributed by atoms with Crippen LogP contribution in [0.3, 0.4) is 0 Å². The number of methoxy groups -OCH3 is 1. The fraction of sp³-hybridized carbons (Fsp3) is 0.267. The third-order valence-electron chi connectivity index (χ3n) is 6.50. The molecule has 0 amide bonds. The monoisotopic (exact) mass is 529 g/mol. The second kappa shape index (κ2) is 11.9. The minimum atomic E-state index is -1.02. The van der Waals surface area contributed by atoms with E-state index >= 15 is 0 Å². The lowest BCUT2D eigenvalue weighted by atomic mass is 10.1. The van der Waals surface area contributed by atoms with Crippen molar-refractivity contribution in [1.29, 1.82) is 0 Å². The van der Waals surface area contributed by atoms with Crippen LogP contribution in [0.2, 0.25) is 0 Å². The Kier molecular flexibility index (Phi) is 7.98. The van der Waals surface area contributed by atoms with Gasteiger partial charge in [-0.05, 0) is 73.2 Å². The predicted molar refractivity (Wildman–Crippen MR) is 147 cm³/mol. The molecule has 0 atom stereocenters.